The first kappa shape index (κ1) is 15.3. The third-order valence-corrected chi connectivity index (χ3v) is 4.48. The van der Waals surface area contributed by atoms with Crippen LogP contribution in [0.25, 0.3) is 0 Å². The lowest BCUT2D eigenvalue weighted by Gasteiger charge is -2.46. The van der Waals surface area contributed by atoms with Crippen LogP contribution in [0.15, 0.2) is 28.2 Å². The molecule has 0 atom stereocenters. The third-order valence-electron chi connectivity index (χ3n) is 4.48. The van der Waals surface area contributed by atoms with Gasteiger partial charge in [-0.2, -0.15) is 4.99 Å². The van der Waals surface area contributed by atoms with Gasteiger partial charge in [0.25, 0.3) is 0 Å². The van der Waals surface area contributed by atoms with Crippen molar-refractivity contribution in [2.24, 2.45) is 21.5 Å². The van der Waals surface area contributed by atoms with Crippen LogP contribution in [0.2, 0.25) is 0 Å². The van der Waals surface area contributed by atoms with E-state index < -0.39 is 11.6 Å². The first-order chi connectivity index (χ1) is 10.9. The fraction of sp³-hybridized carbons (Fsp3) is 0.438. The molecule has 1 aromatic carbocycles. The van der Waals surface area contributed by atoms with E-state index in [0.29, 0.717) is 5.69 Å². The summed E-state index contributed by atoms with van der Waals surface area (Å²) in [7, 11) is 0. The predicted molar refractivity (Wildman–Crippen MR) is 89.7 cm³/mol. The third kappa shape index (κ3) is 2.62. The molecule has 1 fully saturated rings. The molecule has 23 heavy (non-hydrogen) atoms. The summed E-state index contributed by atoms with van der Waals surface area (Å²) in [6, 6.07) is 5.19. The molecule has 1 aliphatic carbocycles. The summed E-state index contributed by atoms with van der Waals surface area (Å²) >= 11 is 0. The van der Waals surface area contributed by atoms with Gasteiger partial charge in [0.15, 0.2) is 0 Å². The number of rotatable bonds is 2. The number of nitrogens with two attached hydrogens (primary N) is 2. The largest absolute Gasteiger partial charge is 0.478 e. The SMILES string of the molecule is Cc1ccc(C(=O)O)c(N2C(N)=NC(N)=NC23CCCCC3)c1. The Morgan fingerprint density at radius 3 is 2.61 bits per heavy atom. The molecule has 1 aliphatic heterocycles. The molecule has 1 spiro atoms. The van der Waals surface area contributed by atoms with Crippen molar-refractivity contribution >= 4 is 23.6 Å². The molecule has 0 amide bonds. The van der Waals surface area contributed by atoms with Gasteiger partial charge in [-0.05, 0) is 50.3 Å². The zero-order valence-corrected chi connectivity index (χ0v) is 13.1. The van der Waals surface area contributed by atoms with Crippen molar-refractivity contribution in [1.29, 1.82) is 0 Å². The van der Waals surface area contributed by atoms with Crippen LogP contribution in [-0.2, 0) is 0 Å². The Hall–Kier alpha value is -2.57. The lowest BCUT2D eigenvalue weighted by molar-refractivity contribution is 0.0697. The minimum absolute atomic E-state index is 0.158. The summed E-state index contributed by atoms with van der Waals surface area (Å²) in [4.78, 5) is 22.1. The van der Waals surface area contributed by atoms with Crippen LogP contribution < -0.4 is 16.4 Å². The van der Waals surface area contributed by atoms with E-state index in [9.17, 15) is 9.90 Å². The van der Waals surface area contributed by atoms with E-state index in [1.54, 1.807) is 17.0 Å². The molecule has 7 nitrogen and oxygen atoms in total. The Morgan fingerprint density at radius 1 is 1.26 bits per heavy atom. The van der Waals surface area contributed by atoms with Crippen molar-refractivity contribution in [3.63, 3.8) is 0 Å². The van der Waals surface area contributed by atoms with Gasteiger partial charge >= 0.3 is 5.97 Å². The average Bonchev–Trinajstić information content (AvgIpc) is 2.46. The van der Waals surface area contributed by atoms with Crippen molar-refractivity contribution in [3.05, 3.63) is 29.3 Å². The molecule has 0 unspecified atom stereocenters. The van der Waals surface area contributed by atoms with Gasteiger partial charge in [-0.1, -0.05) is 12.5 Å². The standard InChI is InChI=1S/C16H21N5O2/c1-10-5-6-11(13(22)23)12(9-10)21-15(18)19-14(17)20-16(21)7-3-2-4-8-16/h5-6,9H,2-4,7-8H2,1H3,(H,22,23)(H4,17,18,19,20). The number of aryl methyl sites for hydroxylation is 1. The van der Waals surface area contributed by atoms with Gasteiger partial charge in [0.05, 0.1) is 11.3 Å². The number of hydrogen-bond acceptors (Lipinski definition) is 6. The quantitative estimate of drug-likeness (QED) is 0.769. The number of hydrogen-bond donors (Lipinski definition) is 3. The second-order valence-corrected chi connectivity index (χ2v) is 6.14. The monoisotopic (exact) mass is 315 g/mol. The molecule has 2 aliphatic rings. The van der Waals surface area contributed by atoms with Crippen LogP contribution in [0, 0.1) is 6.92 Å². The Bertz CT molecular complexity index is 704. The number of aromatic carboxylic acids is 1. The number of carbonyl (C=O) groups is 1. The van der Waals surface area contributed by atoms with Crippen molar-refractivity contribution in [3.8, 4) is 0 Å². The Balaban J connectivity index is 2.18. The molecule has 122 valence electrons. The maximum atomic E-state index is 11.7. The highest BCUT2D eigenvalue weighted by Gasteiger charge is 2.43. The van der Waals surface area contributed by atoms with E-state index in [1.807, 2.05) is 13.0 Å². The Kier molecular flexibility index (Phi) is 3.71. The minimum Gasteiger partial charge on any atom is -0.478 e. The van der Waals surface area contributed by atoms with Crippen LogP contribution in [0.3, 0.4) is 0 Å². The zero-order valence-electron chi connectivity index (χ0n) is 13.1. The number of nitrogens with zero attached hydrogens (tertiary/aromatic N) is 3. The van der Waals surface area contributed by atoms with Crippen LogP contribution >= 0.6 is 0 Å². The van der Waals surface area contributed by atoms with Gasteiger partial charge in [-0.3, -0.25) is 4.90 Å². The van der Waals surface area contributed by atoms with Crippen molar-refractivity contribution in [1.82, 2.24) is 0 Å². The highest BCUT2D eigenvalue weighted by atomic mass is 16.4. The van der Waals surface area contributed by atoms with Crippen LogP contribution in [-0.4, -0.2) is 28.7 Å². The molecular weight excluding hydrogens is 294 g/mol. The predicted octanol–water partition coefficient (Wildman–Crippen LogP) is 1.80. The van der Waals surface area contributed by atoms with Gasteiger partial charge in [0.1, 0.15) is 5.66 Å². The molecule has 0 radical (unpaired) electrons. The maximum Gasteiger partial charge on any atom is 0.337 e. The molecule has 0 aromatic heterocycles. The molecular formula is C16H21N5O2. The first-order valence-electron chi connectivity index (χ1n) is 7.77. The smallest absolute Gasteiger partial charge is 0.337 e. The van der Waals surface area contributed by atoms with Crippen LogP contribution in [0.1, 0.15) is 48.0 Å². The molecule has 3 rings (SSSR count). The van der Waals surface area contributed by atoms with E-state index in [0.717, 1.165) is 37.7 Å². The molecule has 0 saturated heterocycles. The second kappa shape index (κ2) is 5.57. The molecule has 1 aromatic rings. The van der Waals surface area contributed by atoms with Crippen molar-refractivity contribution in [2.45, 2.75) is 44.7 Å². The highest BCUT2D eigenvalue weighted by Crippen LogP contribution is 2.40. The van der Waals surface area contributed by atoms with E-state index in [4.69, 9.17) is 11.5 Å². The number of carboxylic acid groups (broad SMARTS) is 1. The number of carboxylic acids is 1. The zero-order chi connectivity index (χ0) is 16.6. The lowest BCUT2D eigenvalue weighted by atomic mass is 9.86. The highest BCUT2D eigenvalue weighted by molar-refractivity contribution is 6.08. The summed E-state index contributed by atoms with van der Waals surface area (Å²) in [6.07, 6.45) is 4.67. The van der Waals surface area contributed by atoms with Gasteiger partial charge in [0.2, 0.25) is 11.9 Å². The maximum absolute atomic E-state index is 11.7. The fourth-order valence-corrected chi connectivity index (χ4v) is 3.48. The van der Waals surface area contributed by atoms with Gasteiger partial charge in [-0.25, -0.2) is 9.79 Å². The lowest BCUT2D eigenvalue weighted by Crippen LogP contribution is -2.58. The molecule has 0 bridgehead atoms. The summed E-state index contributed by atoms with van der Waals surface area (Å²) < 4.78 is 0. The Morgan fingerprint density at radius 2 is 1.96 bits per heavy atom. The summed E-state index contributed by atoms with van der Waals surface area (Å²) in [6.45, 7) is 1.91. The average molecular weight is 315 g/mol. The number of aliphatic imine (C=N–C) groups is 2. The van der Waals surface area contributed by atoms with E-state index in [1.165, 1.54) is 0 Å². The van der Waals surface area contributed by atoms with Gasteiger partial charge in [0, 0.05) is 0 Å². The van der Waals surface area contributed by atoms with E-state index >= 15 is 0 Å². The summed E-state index contributed by atoms with van der Waals surface area (Å²) in [5, 5.41) is 9.54. The fourth-order valence-electron chi connectivity index (χ4n) is 3.48. The topological polar surface area (TPSA) is 117 Å². The van der Waals surface area contributed by atoms with E-state index in [2.05, 4.69) is 9.98 Å². The summed E-state index contributed by atoms with van der Waals surface area (Å²) in [5.74, 6) is -0.640. The van der Waals surface area contributed by atoms with E-state index in [-0.39, 0.29) is 17.5 Å². The van der Waals surface area contributed by atoms with Gasteiger partial charge in [-0.15, -0.1) is 0 Å². The molecule has 5 N–H and O–H groups in total. The summed E-state index contributed by atoms with van der Waals surface area (Å²) in [5.41, 5.74) is 13.0. The second-order valence-electron chi connectivity index (χ2n) is 6.14. The van der Waals surface area contributed by atoms with Crippen molar-refractivity contribution in [2.75, 3.05) is 4.90 Å². The van der Waals surface area contributed by atoms with Crippen LogP contribution in [0.4, 0.5) is 5.69 Å². The minimum atomic E-state index is -0.999. The number of anilines is 1. The molecule has 7 heteroatoms. The first-order valence-corrected chi connectivity index (χ1v) is 7.77. The van der Waals surface area contributed by atoms with Gasteiger partial charge < -0.3 is 16.6 Å². The van der Waals surface area contributed by atoms with Crippen molar-refractivity contribution < 1.29 is 9.90 Å². The Labute approximate surface area is 134 Å². The molecule has 1 saturated carbocycles. The normalized spacial score (nSPS) is 20.1. The number of benzene rings is 1. The van der Waals surface area contributed by atoms with Crippen LogP contribution in [0.5, 0.6) is 0 Å². The molecule has 1 heterocycles. The number of guanidine groups is 2.